The van der Waals surface area contributed by atoms with E-state index < -0.39 is 10.0 Å². The van der Waals surface area contributed by atoms with Gasteiger partial charge in [0.25, 0.3) is 10.0 Å². The first-order valence-corrected chi connectivity index (χ1v) is 6.45. The van der Waals surface area contributed by atoms with Gasteiger partial charge in [-0.15, -0.1) is 0 Å². The van der Waals surface area contributed by atoms with Crippen LogP contribution in [0, 0.1) is 18.3 Å². The largest absolute Gasteiger partial charge is 0.448 e. The minimum atomic E-state index is -3.77. The zero-order valence-corrected chi connectivity index (χ0v) is 10.2. The Morgan fingerprint density at radius 2 is 2.11 bits per heavy atom. The highest BCUT2D eigenvalue weighted by Gasteiger charge is 2.18. The third-order valence-electron chi connectivity index (χ3n) is 2.11. The molecule has 0 bridgehead atoms. The number of aryl methyl sites for hydroxylation is 1. The van der Waals surface area contributed by atoms with Gasteiger partial charge in [0, 0.05) is 6.20 Å². The normalized spacial score (nSPS) is 10.9. The van der Waals surface area contributed by atoms with Gasteiger partial charge in [-0.05, 0) is 31.2 Å². The van der Waals surface area contributed by atoms with Gasteiger partial charge in [0.05, 0.1) is 5.56 Å². The molecule has 0 aliphatic rings. The van der Waals surface area contributed by atoms with E-state index in [-0.39, 0.29) is 10.9 Å². The lowest BCUT2D eigenvalue weighted by Gasteiger charge is -2.04. The lowest BCUT2D eigenvalue weighted by molar-refractivity contribution is 0.430. The fourth-order valence-corrected chi connectivity index (χ4v) is 2.25. The van der Waals surface area contributed by atoms with Crippen molar-refractivity contribution in [1.82, 2.24) is 4.98 Å². The number of anilines is 1. The van der Waals surface area contributed by atoms with Crippen LogP contribution in [0.25, 0.3) is 0 Å². The average Bonchev–Trinajstić information content (AvgIpc) is 2.77. The molecule has 0 saturated carbocycles. The molecule has 2 aromatic heterocycles. The van der Waals surface area contributed by atoms with Gasteiger partial charge in [-0.25, -0.2) is 4.98 Å². The second-order valence-corrected chi connectivity index (χ2v) is 5.13. The molecular weight excluding hydrogens is 254 g/mol. The van der Waals surface area contributed by atoms with Crippen LogP contribution in [0.3, 0.4) is 0 Å². The van der Waals surface area contributed by atoms with Crippen molar-refractivity contribution < 1.29 is 12.8 Å². The summed E-state index contributed by atoms with van der Waals surface area (Å²) in [6, 6.07) is 7.69. The maximum atomic E-state index is 11.9. The Morgan fingerprint density at radius 1 is 1.33 bits per heavy atom. The zero-order chi connectivity index (χ0) is 13.2. The molecule has 0 spiro atoms. The quantitative estimate of drug-likeness (QED) is 0.908. The van der Waals surface area contributed by atoms with Crippen molar-refractivity contribution in [2.45, 2.75) is 12.0 Å². The molecule has 1 N–H and O–H groups in total. The lowest BCUT2D eigenvalue weighted by atomic mass is 10.3. The standard InChI is InChI=1S/C11H9N3O3S/c1-8-2-5-11(17-8)18(15,16)14-10-4-3-9(6-12)7-13-10/h2-5,7H,1H3,(H,13,14). The van der Waals surface area contributed by atoms with Crippen molar-refractivity contribution in [2.75, 3.05) is 4.72 Å². The van der Waals surface area contributed by atoms with E-state index in [1.807, 2.05) is 6.07 Å². The van der Waals surface area contributed by atoms with E-state index in [0.29, 0.717) is 11.3 Å². The smallest absolute Gasteiger partial charge is 0.296 e. The summed E-state index contributed by atoms with van der Waals surface area (Å²) >= 11 is 0. The van der Waals surface area contributed by atoms with Gasteiger partial charge in [0.2, 0.25) is 5.09 Å². The Kier molecular flexibility index (Phi) is 3.04. The summed E-state index contributed by atoms with van der Waals surface area (Å²) in [7, 11) is -3.77. The Balaban J connectivity index is 2.25. The maximum absolute atomic E-state index is 11.9. The van der Waals surface area contributed by atoms with E-state index >= 15 is 0 Å². The first-order chi connectivity index (χ1) is 8.51. The molecule has 0 unspecified atom stereocenters. The van der Waals surface area contributed by atoms with Gasteiger partial charge in [-0.2, -0.15) is 13.7 Å². The summed E-state index contributed by atoms with van der Waals surface area (Å²) in [5, 5.41) is 8.42. The highest BCUT2D eigenvalue weighted by atomic mass is 32.2. The third kappa shape index (κ3) is 2.49. The molecule has 92 valence electrons. The molecule has 0 atom stereocenters. The highest BCUT2D eigenvalue weighted by Crippen LogP contribution is 2.16. The van der Waals surface area contributed by atoms with Crippen molar-refractivity contribution in [3.05, 3.63) is 41.8 Å². The molecule has 0 fully saturated rings. The number of hydrogen-bond donors (Lipinski definition) is 1. The molecule has 2 rings (SSSR count). The summed E-state index contributed by atoms with van der Waals surface area (Å²) < 4.78 is 31.0. The van der Waals surface area contributed by atoms with Crippen LogP contribution in [0.1, 0.15) is 11.3 Å². The second kappa shape index (κ2) is 4.50. The molecule has 0 saturated heterocycles. The fourth-order valence-electron chi connectivity index (χ4n) is 1.26. The monoisotopic (exact) mass is 263 g/mol. The number of furan rings is 1. The average molecular weight is 263 g/mol. The second-order valence-electron chi connectivity index (χ2n) is 3.51. The van der Waals surface area contributed by atoms with Crippen molar-refractivity contribution >= 4 is 15.8 Å². The molecule has 18 heavy (non-hydrogen) atoms. The molecule has 2 heterocycles. The van der Waals surface area contributed by atoms with E-state index in [9.17, 15) is 8.42 Å². The van der Waals surface area contributed by atoms with E-state index in [4.69, 9.17) is 9.68 Å². The number of pyridine rings is 1. The molecule has 6 nitrogen and oxygen atoms in total. The molecule has 0 radical (unpaired) electrons. The summed E-state index contributed by atoms with van der Waals surface area (Å²) in [4.78, 5) is 3.81. The number of nitrogens with zero attached hydrogens (tertiary/aromatic N) is 2. The molecule has 0 aliphatic carbocycles. The summed E-state index contributed by atoms with van der Waals surface area (Å²) in [6.07, 6.45) is 1.28. The number of nitriles is 1. The van der Waals surface area contributed by atoms with Gasteiger partial charge in [-0.3, -0.25) is 4.72 Å². The van der Waals surface area contributed by atoms with Crippen LogP contribution in [0.2, 0.25) is 0 Å². The first-order valence-electron chi connectivity index (χ1n) is 4.97. The third-order valence-corrected chi connectivity index (χ3v) is 3.34. The van der Waals surface area contributed by atoms with Crippen LogP contribution in [0.4, 0.5) is 5.82 Å². The van der Waals surface area contributed by atoms with Crippen LogP contribution >= 0.6 is 0 Å². The van der Waals surface area contributed by atoms with Crippen LogP contribution in [0.5, 0.6) is 0 Å². The number of aromatic nitrogens is 1. The van der Waals surface area contributed by atoms with Crippen molar-refractivity contribution in [3.8, 4) is 6.07 Å². The number of sulfonamides is 1. The van der Waals surface area contributed by atoms with Gasteiger partial charge < -0.3 is 4.42 Å². The van der Waals surface area contributed by atoms with Crippen molar-refractivity contribution in [3.63, 3.8) is 0 Å². The summed E-state index contributed by atoms with van der Waals surface area (Å²) in [5.41, 5.74) is 0.354. The Hall–Kier alpha value is -2.33. The molecule has 0 aromatic carbocycles. The van der Waals surface area contributed by atoms with Crippen molar-refractivity contribution in [2.24, 2.45) is 0 Å². The molecule has 0 amide bonds. The summed E-state index contributed by atoms with van der Waals surface area (Å²) in [5.74, 6) is 0.631. The lowest BCUT2D eigenvalue weighted by Crippen LogP contribution is -2.13. The first kappa shape index (κ1) is 12.1. The van der Waals surface area contributed by atoms with E-state index in [1.165, 1.54) is 24.4 Å². The predicted octanol–water partition coefficient (Wildman–Crippen LogP) is 1.66. The Bertz CT molecular complexity index is 696. The maximum Gasteiger partial charge on any atom is 0.296 e. The SMILES string of the molecule is Cc1ccc(S(=O)(=O)Nc2ccc(C#N)cn2)o1. The Morgan fingerprint density at radius 3 is 2.61 bits per heavy atom. The number of hydrogen-bond acceptors (Lipinski definition) is 5. The van der Waals surface area contributed by atoms with E-state index in [2.05, 4.69) is 9.71 Å². The molecule has 2 aromatic rings. The van der Waals surface area contributed by atoms with Crippen LogP contribution < -0.4 is 4.72 Å². The van der Waals surface area contributed by atoms with Gasteiger partial charge in [0.1, 0.15) is 17.6 Å². The van der Waals surface area contributed by atoms with E-state index in [0.717, 1.165) is 0 Å². The number of rotatable bonds is 3. The van der Waals surface area contributed by atoms with Gasteiger partial charge in [-0.1, -0.05) is 0 Å². The molecule has 7 heteroatoms. The van der Waals surface area contributed by atoms with Gasteiger partial charge >= 0.3 is 0 Å². The van der Waals surface area contributed by atoms with Crippen LogP contribution in [0.15, 0.2) is 40.0 Å². The molecule has 0 aliphatic heterocycles. The minimum Gasteiger partial charge on any atom is -0.448 e. The van der Waals surface area contributed by atoms with Gasteiger partial charge in [0.15, 0.2) is 0 Å². The highest BCUT2D eigenvalue weighted by molar-refractivity contribution is 7.92. The molecular formula is C11H9N3O3S. The van der Waals surface area contributed by atoms with Crippen molar-refractivity contribution in [1.29, 1.82) is 5.26 Å². The van der Waals surface area contributed by atoms with Crippen LogP contribution in [-0.2, 0) is 10.0 Å². The van der Waals surface area contributed by atoms with E-state index in [1.54, 1.807) is 13.0 Å². The Labute approximate surface area is 104 Å². The predicted molar refractivity (Wildman–Crippen MR) is 63.2 cm³/mol. The minimum absolute atomic E-state index is 0.128. The fraction of sp³-hybridized carbons (Fsp3) is 0.0909. The zero-order valence-electron chi connectivity index (χ0n) is 9.41. The van der Waals surface area contributed by atoms with Crippen LogP contribution in [-0.4, -0.2) is 13.4 Å². The topological polar surface area (TPSA) is 96.0 Å². The number of nitrogens with one attached hydrogen (secondary N) is 1. The summed E-state index contributed by atoms with van der Waals surface area (Å²) in [6.45, 7) is 1.65.